The summed E-state index contributed by atoms with van der Waals surface area (Å²) in [5.74, 6) is -0.855. The highest BCUT2D eigenvalue weighted by atomic mass is 32.2. The fourth-order valence-corrected chi connectivity index (χ4v) is 3.73. The van der Waals surface area contributed by atoms with Crippen LogP contribution in [-0.4, -0.2) is 39.1 Å². The summed E-state index contributed by atoms with van der Waals surface area (Å²) < 4.78 is 25.8. The maximum atomic E-state index is 12.7. The third kappa shape index (κ3) is 6.05. The Kier molecular flexibility index (Phi) is 7.02. The lowest BCUT2D eigenvalue weighted by Gasteiger charge is -2.24. The molecular formula is C21H27N3O4S. The van der Waals surface area contributed by atoms with Crippen molar-refractivity contribution in [2.75, 3.05) is 22.4 Å². The fourth-order valence-electron chi connectivity index (χ4n) is 2.82. The molecule has 29 heavy (non-hydrogen) atoms. The topological polar surface area (TPSA) is 95.6 Å². The van der Waals surface area contributed by atoms with Gasteiger partial charge in [-0.3, -0.25) is 13.9 Å². The van der Waals surface area contributed by atoms with Gasteiger partial charge in [0.25, 0.3) is 5.91 Å². The number of nitrogens with zero attached hydrogens (tertiary/aromatic N) is 1. The Balaban J connectivity index is 2.29. The zero-order valence-electron chi connectivity index (χ0n) is 17.3. The number of sulfonamides is 1. The van der Waals surface area contributed by atoms with E-state index in [-0.39, 0.29) is 11.9 Å². The molecule has 0 saturated carbocycles. The monoisotopic (exact) mass is 417 g/mol. The van der Waals surface area contributed by atoms with E-state index in [1.807, 2.05) is 32.9 Å². The molecule has 2 aromatic rings. The van der Waals surface area contributed by atoms with E-state index < -0.39 is 22.5 Å². The molecule has 8 heteroatoms. The number of aryl methyl sites for hydroxylation is 2. The minimum absolute atomic E-state index is 0.0590. The largest absolute Gasteiger partial charge is 0.350 e. The summed E-state index contributed by atoms with van der Waals surface area (Å²) in [6, 6.07) is 12.0. The van der Waals surface area contributed by atoms with Crippen molar-refractivity contribution in [2.45, 2.75) is 33.7 Å². The number of hydrogen-bond acceptors (Lipinski definition) is 4. The summed E-state index contributed by atoms with van der Waals surface area (Å²) in [6.07, 6.45) is 1.06. The molecule has 2 amide bonds. The number of carbonyl (C=O) groups is 2. The van der Waals surface area contributed by atoms with Gasteiger partial charge in [0.1, 0.15) is 6.54 Å². The van der Waals surface area contributed by atoms with E-state index in [1.54, 1.807) is 37.3 Å². The lowest BCUT2D eigenvalue weighted by Crippen LogP contribution is -2.38. The normalized spacial score (nSPS) is 11.2. The first-order valence-corrected chi connectivity index (χ1v) is 11.1. The highest BCUT2D eigenvalue weighted by Crippen LogP contribution is 2.24. The van der Waals surface area contributed by atoms with Crippen LogP contribution in [-0.2, 0) is 14.8 Å². The van der Waals surface area contributed by atoms with Crippen molar-refractivity contribution >= 4 is 33.2 Å². The molecule has 2 aromatic carbocycles. The minimum atomic E-state index is -3.69. The van der Waals surface area contributed by atoms with Crippen molar-refractivity contribution in [3.05, 3.63) is 59.2 Å². The first-order chi connectivity index (χ1) is 13.5. The quantitative estimate of drug-likeness (QED) is 0.724. The predicted molar refractivity (Wildman–Crippen MR) is 116 cm³/mol. The molecule has 2 N–H and O–H groups in total. The molecule has 0 radical (unpaired) electrons. The van der Waals surface area contributed by atoms with Crippen LogP contribution < -0.4 is 14.9 Å². The lowest BCUT2D eigenvalue weighted by molar-refractivity contribution is -0.114. The molecule has 156 valence electrons. The molecule has 0 aliphatic carbocycles. The Hall–Kier alpha value is -2.87. The number of rotatable bonds is 7. The maximum absolute atomic E-state index is 12.7. The number of para-hydroxylation sites is 1. The zero-order chi connectivity index (χ0) is 21.8. The average molecular weight is 418 g/mol. The van der Waals surface area contributed by atoms with Gasteiger partial charge in [-0.05, 0) is 57.0 Å². The summed E-state index contributed by atoms with van der Waals surface area (Å²) in [7, 11) is -3.69. The number of benzene rings is 2. The summed E-state index contributed by atoms with van der Waals surface area (Å²) in [6.45, 7) is 6.92. The molecule has 0 aliphatic rings. The summed E-state index contributed by atoms with van der Waals surface area (Å²) >= 11 is 0. The second kappa shape index (κ2) is 9.09. The molecule has 7 nitrogen and oxygen atoms in total. The van der Waals surface area contributed by atoms with Gasteiger partial charge in [0, 0.05) is 6.04 Å². The van der Waals surface area contributed by atoms with Gasteiger partial charge in [0.15, 0.2) is 0 Å². The zero-order valence-corrected chi connectivity index (χ0v) is 18.1. The SMILES string of the molecule is Cc1ccc(C)c(N(CC(=O)Nc2ccccc2C(=O)NC(C)C)S(C)(=O)=O)c1. The van der Waals surface area contributed by atoms with Crippen LogP contribution >= 0.6 is 0 Å². The van der Waals surface area contributed by atoms with E-state index in [4.69, 9.17) is 0 Å². The summed E-state index contributed by atoms with van der Waals surface area (Å²) in [5, 5.41) is 5.45. The van der Waals surface area contributed by atoms with Crippen LogP contribution in [0.1, 0.15) is 35.3 Å². The molecule has 0 heterocycles. The van der Waals surface area contributed by atoms with Gasteiger partial charge >= 0.3 is 0 Å². The smallest absolute Gasteiger partial charge is 0.253 e. The van der Waals surface area contributed by atoms with Crippen molar-refractivity contribution in [3.8, 4) is 0 Å². The summed E-state index contributed by atoms with van der Waals surface area (Å²) in [4.78, 5) is 25.1. The molecule has 0 aliphatic heterocycles. The van der Waals surface area contributed by atoms with Gasteiger partial charge < -0.3 is 10.6 Å². The van der Waals surface area contributed by atoms with Crippen LogP contribution in [0.5, 0.6) is 0 Å². The Morgan fingerprint density at radius 3 is 2.34 bits per heavy atom. The summed E-state index contributed by atoms with van der Waals surface area (Å²) in [5.41, 5.74) is 2.71. The molecular weight excluding hydrogens is 390 g/mol. The van der Waals surface area contributed by atoms with Crippen LogP contribution in [0.15, 0.2) is 42.5 Å². The van der Waals surface area contributed by atoms with Gasteiger partial charge in [-0.15, -0.1) is 0 Å². The van der Waals surface area contributed by atoms with E-state index in [1.165, 1.54) is 0 Å². The van der Waals surface area contributed by atoms with Crippen LogP contribution in [0.2, 0.25) is 0 Å². The van der Waals surface area contributed by atoms with Gasteiger partial charge in [0.05, 0.1) is 23.2 Å². The van der Waals surface area contributed by atoms with E-state index >= 15 is 0 Å². The first-order valence-electron chi connectivity index (χ1n) is 9.23. The van der Waals surface area contributed by atoms with Gasteiger partial charge in [-0.1, -0.05) is 24.3 Å². The molecule has 0 fully saturated rings. The highest BCUT2D eigenvalue weighted by Gasteiger charge is 2.23. The molecule has 0 atom stereocenters. The molecule has 0 spiro atoms. The van der Waals surface area contributed by atoms with Crippen LogP contribution in [0.3, 0.4) is 0 Å². The maximum Gasteiger partial charge on any atom is 0.253 e. The van der Waals surface area contributed by atoms with Crippen molar-refractivity contribution in [1.29, 1.82) is 0 Å². The van der Waals surface area contributed by atoms with Crippen molar-refractivity contribution in [3.63, 3.8) is 0 Å². The van der Waals surface area contributed by atoms with Crippen LogP contribution in [0, 0.1) is 13.8 Å². The Morgan fingerprint density at radius 1 is 1.07 bits per heavy atom. The number of anilines is 2. The molecule has 0 saturated heterocycles. The predicted octanol–water partition coefficient (Wildman–Crippen LogP) is 2.85. The van der Waals surface area contributed by atoms with Crippen molar-refractivity contribution in [1.82, 2.24) is 5.32 Å². The van der Waals surface area contributed by atoms with E-state index in [9.17, 15) is 18.0 Å². The minimum Gasteiger partial charge on any atom is -0.350 e. The second-order valence-electron chi connectivity index (χ2n) is 7.28. The second-order valence-corrected chi connectivity index (χ2v) is 9.19. The third-order valence-corrected chi connectivity index (χ3v) is 5.31. The average Bonchev–Trinajstić information content (AvgIpc) is 2.61. The Labute approximate surface area is 172 Å². The van der Waals surface area contributed by atoms with Crippen molar-refractivity contribution in [2.24, 2.45) is 0 Å². The lowest BCUT2D eigenvalue weighted by atomic mass is 10.1. The number of amides is 2. The van der Waals surface area contributed by atoms with E-state index in [0.717, 1.165) is 21.7 Å². The number of nitrogens with one attached hydrogen (secondary N) is 2. The molecule has 0 aromatic heterocycles. The van der Waals surface area contributed by atoms with E-state index in [2.05, 4.69) is 10.6 Å². The highest BCUT2D eigenvalue weighted by molar-refractivity contribution is 7.92. The molecule has 2 rings (SSSR count). The van der Waals surface area contributed by atoms with Crippen molar-refractivity contribution < 1.29 is 18.0 Å². The standard InChI is InChI=1S/C21H27N3O4S/c1-14(2)22-21(26)17-8-6-7-9-18(17)23-20(25)13-24(29(5,27)28)19-12-15(3)10-11-16(19)4/h6-12,14H,13H2,1-5H3,(H,22,26)(H,23,25). The third-order valence-electron chi connectivity index (χ3n) is 4.19. The van der Waals surface area contributed by atoms with E-state index in [0.29, 0.717) is 16.9 Å². The fraction of sp³-hybridized carbons (Fsp3) is 0.333. The number of carbonyl (C=O) groups excluding carboxylic acids is 2. The first kappa shape index (κ1) is 22.4. The molecule has 0 unspecified atom stereocenters. The van der Waals surface area contributed by atoms with Gasteiger partial charge in [-0.2, -0.15) is 0 Å². The van der Waals surface area contributed by atoms with Crippen LogP contribution in [0.4, 0.5) is 11.4 Å². The van der Waals surface area contributed by atoms with Gasteiger partial charge in [-0.25, -0.2) is 8.42 Å². The van der Waals surface area contributed by atoms with Gasteiger partial charge in [0.2, 0.25) is 15.9 Å². The molecule has 0 bridgehead atoms. The number of hydrogen-bond donors (Lipinski definition) is 2. The Bertz CT molecular complexity index is 1020. The Morgan fingerprint density at radius 2 is 1.72 bits per heavy atom. The van der Waals surface area contributed by atoms with Crippen LogP contribution in [0.25, 0.3) is 0 Å².